The first-order valence-corrected chi connectivity index (χ1v) is 12.1. The Morgan fingerprint density at radius 2 is 1.84 bits per heavy atom. The van der Waals surface area contributed by atoms with Gasteiger partial charge >= 0.3 is 0 Å². The van der Waals surface area contributed by atoms with Gasteiger partial charge in [0.1, 0.15) is 5.75 Å². The molecule has 0 unspecified atom stereocenters. The van der Waals surface area contributed by atoms with Crippen LogP contribution < -0.4 is 10.1 Å². The van der Waals surface area contributed by atoms with Gasteiger partial charge in [-0.25, -0.2) is 0 Å². The van der Waals surface area contributed by atoms with Gasteiger partial charge in [0.25, 0.3) is 0 Å². The zero-order valence-corrected chi connectivity index (χ0v) is 19.4. The van der Waals surface area contributed by atoms with Crippen LogP contribution in [0.3, 0.4) is 0 Å². The van der Waals surface area contributed by atoms with Gasteiger partial charge in [0.15, 0.2) is 11.0 Å². The second-order valence-electron chi connectivity index (χ2n) is 7.09. The molecule has 0 atom stereocenters. The number of amides is 1. The number of carbonyl (C=O) groups is 1. The minimum atomic E-state index is -0.0181. The summed E-state index contributed by atoms with van der Waals surface area (Å²) in [4.78, 5) is 13.5. The van der Waals surface area contributed by atoms with Gasteiger partial charge in [-0.3, -0.25) is 9.36 Å². The van der Waals surface area contributed by atoms with E-state index in [-0.39, 0.29) is 5.91 Å². The quantitative estimate of drug-likeness (QED) is 0.350. The number of rotatable bonds is 10. The van der Waals surface area contributed by atoms with Gasteiger partial charge in [-0.15, -0.1) is 21.5 Å². The number of aromatic nitrogens is 3. The Morgan fingerprint density at radius 3 is 2.56 bits per heavy atom. The van der Waals surface area contributed by atoms with Crippen molar-refractivity contribution in [2.75, 3.05) is 19.4 Å². The summed E-state index contributed by atoms with van der Waals surface area (Å²) in [5, 5.41) is 14.5. The summed E-state index contributed by atoms with van der Waals surface area (Å²) in [5.74, 6) is 1.93. The summed E-state index contributed by atoms with van der Waals surface area (Å²) in [6.07, 6.45) is 0.771. The molecule has 0 aliphatic rings. The maximum Gasteiger partial charge on any atom is 0.230 e. The van der Waals surface area contributed by atoms with Crippen LogP contribution in [0.2, 0.25) is 0 Å². The molecule has 0 aliphatic heterocycles. The lowest BCUT2D eigenvalue weighted by molar-refractivity contribution is -0.118. The molecule has 0 radical (unpaired) electrons. The summed E-state index contributed by atoms with van der Waals surface area (Å²) in [6, 6.07) is 22.1. The van der Waals surface area contributed by atoms with E-state index in [0.29, 0.717) is 18.8 Å². The summed E-state index contributed by atoms with van der Waals surface area (Å²) in [7, 11) is 1.65. The molecule has 6 nitrogen and oxygen atoms in total. The Bertz CT molecular complexity index is 1130. The largest absolute Gasteiger partial charge is 0.497 e. The number of thiophene rings is 1. The molecule has 32 heavy (non-hydrogen) atoms. The van der Waals surface area contributed by atoms with Crippen LogP contribution >= 0.6 is 23.1 Å². The molecule has 2 aromatic carbocycles. The molecule has 2 aromatic heterocycles. The molecule has 4 rings (SSSR count). The molecule has 0 saturated heterocycles. The van der Waals surface area contributed by atoms with Crippen LogP contribution in [-0.4, -0.2) is 40.1 Å². The number of methoxy groups -OCH3 is 1. The second kappa shape index (κ2) is 11.0. The molecule has 164 valence electrons. The maximum absolute atomic E-state index is 12.4. The van der Waals surface area contributed by atoms with Crippen molar-refractivity contribution in [3.8, 4) is 16.5 Å². The monoisotopic (exact) mass is 464 g/mol. The van der Waals surface area contributed by atoms with Gasteiger partial charge in [0, 0.05) is 6.54 Å². The number of ether oxygens (including phenoxy) is 1. The van der Waals surface area contributed by atoms with E-state index < -0.39 is 0 Å². The first kappa shape index (κ1) is 22.1. The van der Waals surface area contributed by atoms with E-state index in [2.05, 4.69) is 32.2 Å². The minimum Gasteiger partial charge on any atom is -0.497 e. The highest BCUT2D eigenvalue weighted by atomic mass is 32.2. The summed E-state index contributed by atoms with van der Waals surface area (Å²) >= 11 is 3.04. The highest BCUT2D eigenvalue weighted by Gasteiger charge is 2.16. The molecule has 0 saturated carbocycles. The standard InChI is InChI=1S/C24H24N4O2S2/c1-30-20-11-9-18(10-12-20)13-14-25-22(29)17-32-24-27-26-23(21-8-5-15-31-21)28(24)16-19-6-3-2-4-7-19/h2-12,15H,13-14,16-17H2,1H3,(H,25,29). The average Bonchev–Trinajstić information content (AvgIpc) is 3.49. The van der Waals surface area contributed by atoms with Crippen LogP contribution in [0.25, 0.3) is 10.7 Å². The van der Waals surface area contributed by atoms with Crippen molar-refractivity contribution in [3.63, 3.8) is 0 Å². The predicted octanol–water partition coefficient (Wildman–Crippen LogP) is 4.51. The zero-order valence-electron chi connectivity index (χ0n) is 17.7. The average molecular weight is 465 g/mol. The number of hydrogen-bond acceptors (Lipinski definition) is 6. The molecule has 1 N–H and O–H groups in total. The molecule has 1 amide bonds. The fraction of sp³-hybridized carbons (Fsp3) is 0.208. The fourth-order valence-electron chi connectivity index (χ4n) is 3.21. The van der Waals surface area contributed by atoms with Crippen molar-refractivity contribution < 1.29 is 9.53 Å². The summed E-state index contributed by atoms with van der Waals surface area (Å²) < 4.78 is 7.25. The van der Waals surface area contributed by atoms with E-state index in [4.69, 9.17) is 4.74 Å². The summed E-state index contributed by atoms with van der Waals surface area (Å²) in [6.45, 7) is 1.24. The first-order chi connectivity index (χ1) is 15.7. The van der Waals surface area contributed by atoms with E-state index in [0.717, 1.165) is 39.2 Å². The van der Waals surface area contributed by atoms with Crippen LogP contribution in [0.5, 0.6) is 5.75 Å². The van der Waals surface area contributed by atoms with Gasteiger partial charge in [-0.1, -0.05) is 60.3 Å². The molecule has 8 heteroatoms. The van der Waals surface area contributed by atoms with Gasteiger partial charge in [-0.2, -0.15) is 0 Å². The van der Waals surface area contributed by atoms with Gasteiger partial charge < -0.3 is 10.1 Å². The number of carbonyl (C=O) groups excluding carboxylic acids is 1. The van der Waals surface area contributed by atoms with Crippen molar-refractivity contribution in [3.05, 3.63) is 83.2 Å². The van der Waals surface area contributed by atoms with Crippen molar-refractivity contribution in [1.82, 2.24) is 20.1 Å². The Hall–Kier alpha value is -3.10. The zero-order chi connectivity index (χ0) is 22.2. The molecular weight excluding hydrogens is 440 g/mol. The van der Waals surface area contributed by atoms with Crippen LogP contribution in [0.15, 0.2) is 77.3 Å². The predicted molar refractivity (Wildman–Crippen MR) is 129 cm³/mol. The molecule has 0 fully saturated rings. The topological polar surface area (TPSA) is 69.0 Å². The van der Waals surface area contributed by atoms with E-state index in [9.17, 15) is 4.79 Å². The van der Waals surface area contributed by atoms with Crippen LogP contribution in [0.1, 0.15) is 11.1 Å². The van der Waals surface area contributed by atoms with E-state index in [1.807, 2.05) is 60.0 Å². The maximum atomic E-state index is 12.4. The second-order valence-corrected chi connectivity index (χ2v) is 8.98. The number of hydrogen-bond donors (Lipinski definition) is 1. The first-order valence-electron chi connectivity index (χ1n) is 10.3. The van der Waals surface area contributed by atoms with E-state index >= 15 is 0 Å². The Balaban J connectivity index is 1.36. The molecule has 4 aromatic rings. The lowest BCUT2D eigenvalue weighted by Crippen LogP contribution is -2.27. The van der Waals surface area contributed by atoms with Gasteiger partial charge in [-0.05, 0) is 41.1 Å². The van der Waals surface area contributed by atoms with Crippen molar-refractivity contribution in [2.45, 2.75) is 18.1 Å². The van der Waals surface area contributed by atoms with E-state index in [1.165, 1.54) is 11.8 Å². The number of nitrogens with zero attached hydrogens (tertiary/aromatic N) is 3. The third-order valence-corrected chi connectivity index (χ3v) is 6.70. The van der Waals surface area contributed by atoms with Crippen LogP contribution in [-0.2, 0) is 17.8 Å². The van der Waals surface area contributed by atoms with Crippen molar-refractivity contribution >= 4 is 29.0 Å². The third-order valence-electron chi connectivity index (χ3n) is 4.87. The molecule has 0 spiro atoms. The van der Waals surface area contributed by atoms with Crippen molar-refractivity contribution in [1.29, 1.82) is 0 Å². The number of thioether (sulfide) groups is 1. The molecule has 0 bridgehead atoms. The third kappa shape index (κ3) is 5.77. The molecule has 0 aliphatic carbocycles. The lowest BCUT2D eigenvalue weighted by Gasteiger charge is -2.10. The molecule has 2 heterocycles. The Kier molecular flexibility index (Phi) is 7.58. The number of benzene rings is 2. The highest BCUT2D eigenvalue weighted by Crippen LogP contribution is 2.28. The Labute approximate surface area is 195 Å². The fourth-order valence-corrected chi connectivity index (χ4v) is 4.70. The smallest absolute Gasteiger partial charge is 0.230 e. The molecular formula is C24H24N4O2S2. The van der Waals surface area contributed by atoms with Crippen LogP contribution in [0.4, 0.5) is 0 Å². The highest BCUT2D eigenvalue weighted by molar-refractivity contribution is 7.99. The van der Waals surface area contributed by atoms with Gasteiger partial charge in [0.2, 0.25) is 5.91 Å². The summed E-state index contributed by atoms with van der Waals surface area (Å²) in [5.41, 5.74) is 2.32. The number of nitrogens with one attached hydrogen (secondary N) is 1. The lowest BCUT2D eigenvalue weighted by atomic mass is 10.1. The van der Waals surface area contributed by atoms with Crippen molar-refractivity contribution in [2.24, 2.45) is 0 Å². The van der Waals surface area contributed by atoms with Gasteiger partial charge in [0.05, 0.1) is 24.3 Å². The Morgan fingerprint density at radius 1 is 1.03 bits per heavy atom. The normalized spacial score (nSPS) is 10.8. The van der Waals surface area contributed by atoms with E-state index in [1.54, 1.807) is 18.4 Å². The minimum absolute atomic E-state index is 0.0181. The SMILES string of the molecule is COc1ccc(CCNC(=O)CSc2nnc(-c3cccs3)n2Cc2ccccc2)cc1. The van der Waals surface area contributed by atoms with Crippen LogP contribution in [0, 0.1) is 0 Å².